The van der Waals surface area contributed by atoms with Gasteiger partial charge in [-0.1, -0.05) is 24.3 Å². The third-order valence-corrected chi connectivity index (χ3v) is 5.20. The van der Waals surface area contributed by atoms with Crippen LogP contribution in [-0.4, -0.2) is 35.8 Å². The SMILES string of the molecule is COc1cc2ncn(CCCC(=O)NCc3cccc(COC(C)C)c3)c(=O)c2cc1OC. The number of amides is 1. The number of methoxy groups -OCH3 is 2. The van der Waals surface area contributed by atoms with Crippen LogP contribution >= 0.6 is 0 Å². The average Bonchev–Trinajstić information content (AvgIpc) is 2.82. The Morgan fingerprint density at radius 1 is 1.09 bits per heavy atom. The fraction of sp³-hybridized carbons (Fsp3) is 0.400. The zero-order valence-corrected chi connectivity index (χ0v) is 19.6. The molecule has 1 aromatic heterocycles. The molecule has 0 spiro atoms. The minimum absolute atomic E-state index is 0.0629. The van der Waals surface area contributed by atoms with Crippen LogP contribution in [0.2, 0.25) is 0 Å². The van der Waals surface area contributed by atoms with E-state index in [0.717, 1.165) is 11.1 Å². The predicted octanol–water partition coefficient (Wildman–Crippen LogP) is 3.44. The number of nitrogens with one attached hydrogen (secondary N) is 1. The summed E-state index contributed by atoms with van der Waals surface area (Å²) in [7, 11) is 3.06. The van der Waals surface area contributed by atoms with Crippen molar-refractivity contribution in [2.75, 3.05) is 14.2 Å². The van der Waals surface area contributed by atoms with E-state index in [1.54, 1.807) is 12.1 Å². The van der Waals surface area contributed by atoms with Crippen LogP contribution in [0, 0.1) is 0 Å². The molecular formula is C25H31N3O5. The molecule has 0 fully saturated rings. The molecule has 0 saturated heterocycles. The van der Waals surface area contributed by atoms with Crippen molar-refractivity contribution >= 4 is 16.8 Å². The van der Waals surface area contributed by atoms with Crippen LogP contribution in [0.1, 0.15) is 37.8 Å². The van der Waals surface area contributed by atoms with Gasteiger partial charge in [-0.2, -0.15) is 0 Å². The molecule has 1 N–H and O–H groups in total. The van der Waals surface area contributed by atoms with E-state index in [4.69, 9.17) is 14.2 Å². The van der Waals surface area contributed by atoms with Gasteiger partial charge in [0.05, 0.1) is 44.2 Å². The molecule has 0 radical (unpaired) electrons. The summed E-state index contributed by atoms with van der Waals surface area (Å²) in [4.78, 5) is 29.5. The van der Waals surface area contributed by atoms with E-state index >= 15 is 0 Å². The van der Waals surface area contributed by atoms with Crippen molar-refractivity contribution in [3.63, 3.8) is 0 Å². The second-order valence-corrected chi connectivity index (χ2v) is 8.03. The average molecular weight is 454 g/mol. The Morgan fingerprint density at radius 3 is 2.55 bits per heavy atom. The fourth-order valence-electron chi connectivity index (χ4n) is 3.44. The van der Waals surface area contributed by atoms with Gasteiger partial charge in [0.1, 0.15) is 0 Å². The van der Waals surface area contributed by atoms with Gasteiger partial charge in [-0.25, -0.2) is 4.98 Å². The van der Waals surface area contributed by atoms with E-state index in [2.05, 4.69) is 10.3 Å². The van der Waals surface area contributed by atoms with E-state index < -0.39 is 0 Å². The number of carbonyl (C=O) groups excluding carboxylic acids is 1. The van der Waals surface area contributed by atoms with Crippen molar-refractivity contribution < 1.29 is 19.0 Å². The lowest BCUT2D eigenvalue weighted by atomic mass is 10.1. The van der Waals surface area contributed by atoms with Gasteiger partial charge >= 0.3 is 0 Å². The summed E-state index contributed by atoms with van der Waals surface area (Å²) in [6, 6.07) is 11.3. The molecule has 1 amide bonds. The number of nitrogens with zero attached hydrogens (tertiary/aromatic N) is 2. The standard InChI is InChI=1S/C25H31N3O5/c1-17(2)33-15-19-8-5-7-18(11-19)14-26-24(29)9-6-10-28-16-27-21-13-23(32-4)22(31-3)12-20(21)25(28)30/h5,7-8,11-13,16-17H,6,9-10,14-15H2,1-4H3,(H,26,29). The van der Waals surface area contributed by atoms with Gasteiger partial charge in [-0.05, 0) is 37.5 Å². The molecule has 2 aromatic carbocycles. The first kappa shape index (κ1) is 24.3. The van der Waals surface area contributed by atoms with Crippen molar-refractivity contribution in [2.24, 2.45) is 0 Å². The molecule has 0 aliphatic heterocycles. The number of hydrogen-bond acceptors (Lipinski definition) is 6. The van der Waals surface area contributed by atoms with Gasteiger partial charge in [0.15, 0.2) is 11.5 Å². The van der Waals surface area contributed by atoms with Crippen LogP contribution in [0.3, 0.4) is 0 Å². The number of hydrogen-bond donors (Lipinski definition) is 1. The lowest BCUT2D eigenvalue weighted by Gasteiger charge is -2.11. The molecule has 176 valence electrons. The second kappa shape index (κ2) is 11.5. The fourth-order valence-corrected chi connectivity index (χ4v) is 3.44. The number of ether oxygens (including phenoxy) is 3. The van der Waals surface area contributed by atoms with Crippen LogP contribution in [0.4, 0.5) is 0 Å². The van der Waals surface area contributed by atoms with E-state index in [-0.39, 0.29) is 17.6 Å². The Kier molecular flexibility index (Phi) is 8.43. The normalized spacial score (nSPS) is 11.1. The van der Waals surface area contributed by atoms with Gasteiger partial charge < -0.3 is 19.5 Å². The molecule has 0 unspecified atom stereocenters. The molecule has 0 aliphatic rings. The summed E-state index contributed by atoms with van der Waals surface area (Å²) >= 11 is 0. The minimum atomic E-state index is -0.179. The maximum absolute atomic E-state index is 12.8. The zero-order chi connectivity index (χ0) is 23.8. The topological polar surface area (TPSA) is 91.7 Å². The molecule has 0 saturated carbocycles. The van der Waals surface area contributed by atoms with Crippen LogP contribution in [0.25, 0.3) is 10.9 Å². The number of aryl methyl sites for hydroxylation is 1. The van der Waals surface area contributed by atoms with E-state index in [9.17, 15) is 9.59 Å². The van der Waals surface area contributed by atoms with E-state index in [1.165, 1.54) is 25.1 Å². The summed E-state index contributed by atoms with van der Waals surface area (Å²) in [6.45, 7) is 5.39. The number of fused-ring (bicyclic) bond motifs is 1. The maximum Gasteiger partial charge on any atom is 0.261 e. The first-order chi connectivity index (χ1) is 15.9. The summed E-state index contributed by atoms with van der Waals surface area (Å²) < 4.78 is 17.7. The molecular weight excluding hydrogens is 422 g/mol. The van der Waals surface area contributed by atoms with Gasteiger partial charge in [-0.3, -0.25) is 14.2 Å². The molecule has 3 aromatic rings. The van der Waals surface area contributed by atoms with Crippen LogP contribution < -0.4 is 20.3 Å². The van der Waals surface area contributed by atoms with E-state index in [0.29, 0.717) is 54.9 Å². The van der Waals surface area contributed by atoms with Crippen molar-refractivity contribution in [1.82, 2.24) is 14.9 Å². The highest BCUT2D eigenvalue weighted by Crippen LogP contribution is 2.29. The number of rotatable bonds is 11. The third kappa shape index (κ3) is 6.55. The van der Waals surface area contributed by atoms with Crippen molar-refractivity contribution in [1.29, 1.82) is 0 Å². The number of aromatic nitrogens is 2. The highest BCUT2D eigenvalue weighted by molar-refractivity contribution is 5.81. The molecule has 0 atom stereocenters. The molecule has 3 rings (SSSR count). The van der Waals surface area contributed by atoms with Gasteiger partial charge in [0.25, 0.3) is 5.56 Å². The molecule has 8 nitrogen and oxygen atoms in total. The first-order valence-corrected chi connectivity index (χ1v) is 11.0. The summed E-state index contributed by atoms with van der Waals surface area (Å²) in [5, 5.41) is 3.38. The Hall–Kier alpha value is -3.39. The van der Waals surface area contributed by atoms with Crippen molar-refractivity contribution in [2.45, 2.75) is 52.5 Å². The van der Waals surface area contributed by atoms with Crippen LogP contribution in [0.15, 0.2) is 47.5 Å². The smallest absolute Gasteiger partial charge is 0.261 e. The minimum Gasteiger partial charge on any atom is -0.493 e. The number of benzene rings is 2. The highest BCUT2D eigenvalue weighted by atomic mass is 16.5. The Bertz CT molecular complexity index is 1160. The molecule has 1 heterocycles. The molecule has 33 heavy (non-hydrogen) atoms. The van der Waals surface area contributed by atoms with Crippen molar-refractivity contribution in [3.05, 3.63) is 64.2 Å². The van der Waals surface area contributed by atoms with Gasteiger partial charge in [0.2, 0.25) is 5.91 Å². The largest absolute Gasteiger partial charge is 0.493 e. The summed E-state index contributed by atoms with van der Waals surface area (Å²) in [6.07, 6.45) is 2.50. The maximum atomic E-state index is 12.8. The highest BCUT2D eigenvalue weighted by Gasteiger charge is 2.11. The Labute approximate surface area is 193 Å². The predicted molar refractivity (Wildman–Crippen MR) is 127 cm³/mol. The zero-order valence-electron chi connectivity index (χ0n) is 19.6. The quantitative estimate of drug-likeness (QED) is 0.478. The molecule has 0 bridgehead atoms. The van der Waals surface area contributed by atoms with Crippen molar-refractivity contribution in [3.8, 4) is 11.5 Å². The van der Waals surface area contributed by atoms with Crippen LogP contribution in [0.5, 0.6) is 11.5 Å². The van der Waals surface area contributed by atoms with Gasteiger partial charge in [-0.15, -0.1) is 0 Å². The van der Waals surface area contributed by atoms with E-state index in [1.807, 2.05) is 38.1 Å². The second-order valence-electron chi connectivity index (χ2n) is 8.03. The molecule has 0 aliphatic carbocycles. The lowest BCUT2D eigenvalue weighted by Crippen LogP contribution is -2.25. The molecule has 8 heteroatoms. The summed E-state index contributed by atoms with van der Waals surface area (Å²) in [5.74, 6) is 0.928. The monoisotopic (exact) mass is 453 g/mol. The summed E-state index contributed by atoms with van der Waals surface area (Å²) in [5.41, 5.74) is 2.45. The lowest BCUT2D eigenvalue weighted by molar-refractivity contribution is -0.121. The van der Waals surface area contributed by atoms with Gasteiger partial charge in [0, 0.05) is 25.6 Å². The Balaban J connectivity index is 1.54. The Morgan fingerprint density at radius 2 is 1.82 bits per heavy atom. The third-order valence-electron chi connectivity index (χ3n) is 5.20. The number of carbonyl (C=O) groups is 1. The first-order valence-electron chi connectivity index (χ1n) is 11.0. The van der Waals surface area contributed by atoms with Crippen LogP contribution in [-0.2, 0) is 29.2 Å².